The lowest BCUT2D eigenvalue weighted by molar-refractivity contribution is 0.0697. The van der Waals surface area contributed by atoms with Crippen LogP contribution in [0, 0.1) is 18.6 Å². The first-order chi connectivity index (χ1) is 19.1. The summed E-state index contributed by atoms with van der Waals surface area (Å²) < 4.78 is 63.9. The molecule has 0 bridgehead atoms. The molecule has 0 unspecified atom stereocenters. The second-order valence-corrected chi connectivity index (χ2v) is 12.2. The number of benzene rings is 3. The van der Waals surface area contributed by atoms with Crippen molar-refractivity contribution in [1.82, 2.24) is 13.8 Å². The van der Waals surface area contributed by atoms with Crippen LogP contribution in [0.25, 0.3) is 16.9 Å². The molecule has 0 N–H and O–H groups in total. The molecule has 1 amide bonds. The Morgan fingerprint density at radius 1 is 0.900 bits per heavy atom. The van der Waals surface area contributed by atoms with Crippen molar-refractivity contribution < 1.29 is 26.7 Å². The summed E-state index contributed by atoms with van der Waals surface area (Å²) in [6.45, 7) is 2.38. The standard InChI is InChI=1S/C29H26BrF2N3O4S/c1-19-25(29(36)33-13-15-34(16-14-33)40(37,38)24-10-5-21(30)6-11-24)18-28(20-3-8-23(39-2)9-4-20)35(19)27-12-7-22(31)17-26(27)32/h3-12,17-18H,13-16H2,1-2H3. The lowest BCUT2D eigenvalue weighted by atomic mass is 10.1. The number of sulfonamides is 1. The van der Waals surface area contributed by atoms with Crippen LogP contribution in [0.4, 0.5) is 8.78 Å². The van der Waals surface area contributed by atoms with Crippen LogP contribution >= 0.6 is 15.9 Å². The van der Waals surface area contributed by atoms with Crippen LogP contribution in [0.15, 0.2) is 82.2 Å². The van der Waals surface area contributed by atoms with Gasteiger partial charge in [0.05, 0.1) is 29.0 Å². The number of halogens is 3. The summed E-state index contributed by atoms with van der Waals surface area (Å²) in [6.07, 6.45) is 0. The van der Waals surface area contributed by atoms with Gasteiger partial charge >= 0.3 is 0 Å². The molecule has 7 nitrogen and oxygen atoms in total. The third-order valence-corrected chi connectivity index (χ3v) is 9.43. The minimum absolute atomic E-state index is 0.106. The number of hydrogen-bond acceptors (Lipinski definition) is 4. The molecule has 3 aromatic carbocycles. The van der Waals surface area contributed by atoms with Gasteiger partial charge in [-0.05, 0) is 79.2 Å². The van der Waals surface area contributed by atoms with E-state index in [0.717, 1.165) is 10.5 Å². The summed E-state index contributed by atoms with van der Waals surface area (Å²) >= 11 is 3.31. The number of rotatable bonds is 6. The quantitative estimate of drug-likeness (QED) is 0.276. The molecule has 0 atom stereocenters. The van der Waals surface area contributed by atoms with E-state index < -0.39 is 21.7 Å². The van der Waals surface area contributed by atoms with Crippen molar-refractivity contribution >= 4 is 31.9 Å². The first kappa shape index (κ1) is 28.0. The van der Waals surface area contributed by atoms with E-state index in [1.54, 1.807) is 66.0 Å². The summed E-state index contributed by atoms with van der Waals surface area (Å²) in [5.74, 6) is -1.13. The molecule has 2 heterocycles. The van der Waals surface area contributed by atoms with E-state index in [0.29, 0.717) is 28.3 Å². The third-order valence-electron chi connectivity index (χ3n) is 6.99. The number of nitrogens with zero attached hydrogens (tertiary/aromatic N) is 3. The SMILES string of the molecule is COc1ccc(-c2cc(C(=O)N3CCN(S(=O)(=O)c4ccc(Br)cc4)CC3)c(C)n2-c2ccc(F)cc2F)cc1. The number of aromatic nitrogens is 1. The number of ether oxygens (including phenoxy) is 1. The van der Waals surface area contributed by atoms with E-state index in [2.05, 4.69) is 15.9 Å². The van der Waals surface area contributed by atoms with E-state index in [1.165, 1.54) is 28.6 Å². The maximum absolute atomic E-state index is 15.0. The van der Waals surface area contributed by atoms with Crippen molar-refractivity contribution in [1.29, 1.82) is 0 Å². The molecule has 0 aliphatic carbocycles. The number of methoxy groups -OCH3 is 1. The monoisotopic (exact) mass is 629 g/mol. The Kier molecular flexibility index (Phi) is 7.80. The Morgan fingerprint density at radius 3 is 2.15 bits per heavy atom. The lowest BCUT2D eigenvalue weighted by Crippen LogP contribution is -2.50. The predicted molar refractivity (Wildman–Crippen MR) is 151 cm³/mol. The van der Waals surface area contributed by atoms with Gasteiger partial charge in [-0.2, -0.15) is 4.31 Å². The van der Waals surface area contributed by atoms with Gasteiger partial charge in [0.2, 0.25) is 10.0 Å². The molecule has 40 heavy (non-hydrogen) atoms. The zero-order valence-corrected chi connectivity index (χ0v) is 24.2. The van der Waals surface area contributed by atoms with Crippen molar-refractivity contribution in [3.05, 3.63) is 100 Å². The molecule has 4 aromatic rings. The fourth-order valence-electron chi connectivity index (χ4n) is 4.83. The van der Waals surface area contributed by atoms with E-state index in [1.807, 2.05) is 0 Å². The largest absolute Gasteiger partial charge is 0.497 e. The molecule has 1 aliphatic heterocycles. The van der Waals surface area contributed by atoms with Crippen LogP contribution in [-0.4, -0.2) is 61.4 Å². The van der Waals surface area contributed by atoms with Crippen LogP contribution in [0.3, 0.4) is 0 Å². The normalized spacial score (nSPS) is 14.4. The Hall–Kier alpha value is -3.54. The highest BCUT2D eigenvalue weighted by atomic mass is 79.9. The van der Waals surface area contributed by atoms with Crippen molar-refractivity contribution in [2.45, 2.75) is 11.8 Å². The maximum Gasteiger partial charge on any atom is 0.255 e. The van der Waals surface area contributed by atoms with Crippen LogP contribution in [-0.2, 0) is 10.0 Å². The fourth-order valence-corrected chi connectivity index (χ4v) is 6.51. The Bertz CT molecular complexity index is 1660. The first-order valence-electron chi connectivity index (χ1n) is 12.5. The van der Waals surface area contributed by atoms with Gasteiger partial charge in [0.15, 0.2) is 0 Å². The molecule has 208 valence electrons. The van der Waals surface area contributed by atoms with Gasteiger partial charge in [-0.3, -0.25) is 4.79 Å². The van der Waals surface area contributed by atoms with Gasteiger partial charge in [-0.1, -0.05) is 15.9 Å². The van der Waals surface area contributed by atoms with Crippen LogP contribution in [0.1, 0.15) is 16.1 Å². The van der Waals surface area contributed by atoms with Crippen LogP contribution < -0.4 is 4.74 Å². The molecule has 1 aromatic heterocycles. The molecule has 5 rings (SSSR count). The third kappa shape index (κ3) is 5.28. The average Bonchev–Trinajstić information content (AvgIpc) is 3.29. The van der Waals surface area contributed by atoms with Gasteiger partial charge in [0, 0.05) is 42.4 Å². The highest BCUT2D eigenvalue weighted by molar-refractivity contribution is 9.10. The molecule has 0 radical (unpaired) electrons. The molecule has 0 spiro atoms. The zero-order valence-electron chi connectivity index (χ0n) is 21.8. The van der Waals surface area contributed by atoms with E-state index in [4.69, 9.17) is 4.74 Å². The van der Waals surface area contributed by atoms with Gasteiger partial charge in [0.25, 0.3) is 5.91 Å². The Balaban J connectivity index is 1.45. The topological polar surface area (TPSA) is 71.8 Å². The highest BCUT2D eigenvalue weighted by Gasteiger charge is 2.32. The summed E-state index contributed by atoms with van der Waals surface area (Å²) in [5, 5.41) is 0. The van der Waals surface area contributed by atoms with E-state index in [9.17, 15) is 22.0 Å². The number of piperazine rings is 1. The van der Waals surface area contributed by atoms with Crippen LogP contribution in [0.5, 0.6) is 5.75 Å². The molecule has 1 saturated heterocycles. The second-order valence-electron chi connectivity index (χ2n) is 9.34. The average molecular weight is 631 g/mol. The van der Waals surface area contributed by atoms with Gasteiger partial charge < -0.3 is 14.2 Å². The second kappa shape index (κ2) is 11.1. The predicted octanol–water partition coefficient (Wildman–Crippen LogP) is 5.65. The zero-order chi connectivity index (χ0) is 28.6. The minimum atomic E-state index is -3.70. The summed E-state index contributed by atoms with van der Waals surface area (Å²) in [5.41, 5.74) is 2.18. The van der Waals surface area contributed by atoms with Crippen molar-refractivity contribution in [3.8, 4) is 22.7 Å². The number of hydrogen-bond donors (Lipinski definition) is 0. The molecule has 1 fully saturated rings. The van der Waals surface area contributed by atoms with Gasteiger partial charge in [-0.15, -0.1) is 0 Å². The smallest absolute Gasteiger partial charge is 0.255 e. The Labute approximate surface area is 239 Å². The summed E-state index contributed by atoms with van der Waals surface area (Å²) in [4.78, 5) is 15.5. The van der Waals surface area contributed by atoms with Crippen molar-refractivity contribution in [2.24, 2.45) is 0 Å². The molecule has 1 aliphatic rings. The number of amides is 1. The molecule has 11 heteroatoms. The first-order valence-corrected chi connectivity index (χ1v) is 14.7. The molecule has 0 saturated carbocycles. The van der Waals surface area contributed by atoms with E-state index in [-0.39, 0.29) is 42.7 Å². The highest BCUT2D eigenvalue weighted by Crippen LogP contribution is 2.33. The van der Waals surface area contributed by atoms with Crippen molar-refractivity contribution in [3.63, 3.8) is 0 Å². The number of carbonyl (C=O) groups is 1. The minimum Gasteiger partial charge on any atom is -0.497 e. The number of carbonyl (C=O) groups excluding carboxylic acids is 1. The van der Waals surface area contributed by atoms with E-state index >= 15 is 0 Å². The summed E-state index contributed by atoms with van der Waals surface area (Å²) in [6, 6.07) is 18.5. The fraction of sp³-hybridized carbons (Fsp3) is 0.207. The van der Waals surface area contributed by atoms with Gasteiger partial charge in [-0.25, -0.2) is 17.2 Å². The lowest BCUT2D eigenvalue weighted by Gasteiger charge is -2.34. The Morgan fingerprint density at radius 2 is 1.55 bits per heavy atom. The van der Waals surface area contributed by atoms with Gasteiger partial charge in [0.1, 0.15) is 17.4 Å². The van der Waals surface area contributed by atoms with Crippen molar-refractivity contribution in [2.75, 3.05) is 33.3 Å². The summed E-state index contributed by atoms with van der Waals surface area (Å²) in [7, 11) is -2.15. The maximum atomic E-state index is 15.0. The van der Waals surface area contributed by atoms with Crippen LogP contribution in [0.2, 0.25) is 0 Å². The molecular weight excluding hydrogens is 604 g/mol. The molecular formula is C29H26BrF2N3O4S.